The summed E-state index contributed by atoms with van der Waals surface area (Å²) in [4.78, 5) is 14.8. The number of hydrogen-bond donors (Lipinski definition) is 1. The van der Waals surface area contributed by atoms with Gasteiger partial charge in [-0.1, -0.05) is 45.0 Å². The van der Waals surface area contributed by atoms with E-state index in [0.29, 0.717) is 36.4 Å². The Balaban J connectivity index is 0.00000225. The number of amides is 1. The standard InChI is InChI=1S/C21H32N2O.ClH/c1-14(2)16-5-7-17(8-6-16)15(3)11-21(24)23(4)20-12-18-9-10-19(13-20)22-18;/h5-8,14-15,18-20,22H,9-13H2,1-4H3;1H. The van der Waals surface area contributed by atoms with Crippen molar-refractivity contribution in [2.24, 2.45) is 0 Å². The van der Waals surface area contributed by atoms with E-state index in [-0.39, 0.29) is 18.3 Å². The van der Waals surface area contributed by atoms with Gasteiger partial charge < -0.3 is 10.2 Å². The molecule has 3 unspecified atom stereocenters. The lowest BCUT2D eigenvalue weighted by molar-refractivity contribution is -0.133. The van der Waals surface area contributed by atoms with Crippen LogP contribution in [0.5, 0.6) is 0 Å². The minimum atomic E-state index is 0. The first-order valence-electron chi connectivity index (χ1n) is 9.55. The van der Waals surface area contributed by atoms with Crippen LogP contribution in [-0.2, 0) is 4.79 Å². The van der Waals surface area contributed by atoms with Gasteiger partial charge in [0.15, 0.2) is 0 Å². The molecular weight excluding hydrogens is 332 g/mol. The zero-order valence-electron chi connectivity index (χ0n) is 16.0. The van der Waals surface area contributed by atoms with Crippen LogP contribution in [-0.4, -0.2) is 36.0 Å². The molecule has 3 rings (SSSR count). The predicted molar refractivity (Wildman–Crippen MR) is 107 cm³/mol. The number of nitrogens with zero attached hydrogens (tertiary/aromatic N) is 1. The lowest BCUT2D eigenvalue weighted by Crippen LogP contribution is -2.48. The molecule has 4 heteroatoms. The Morgan fingerprint density at radius 3 is 2.12 bits per heavy atom. The van der Waals surface area contributed by atoms with Crippen molar-refractivity contribution in [1.29, 1.82) is 0 Å². The fourth-order valence-corrected chi connectivity index (χ4v) is 4.28. The third-order valence-corrected chi connectivity index (χ3v) is 6.04. The molecule has 0 aliphatic carbocycles. The van der Waals surface area contributed by atoms with Crippen molar-refractivity contribution in [3.05, 3.63) is 35.4 Å². The number of piperidine rings is 1. The molecular formula is C21H33ClN2O. The van der Waals surface area contributed by atoms with Gasteiger partial charge in [-0.3, -0.25) is 4.79 Å². The van der Waals surface area contributed by atoms with Gasteiger partial charge in [0.25, 0.3) is 0 Å². The number of halogens is 1. The first kappa shape index (κ1) is 20.3. The largest absolute Gasteiger partial charge is 0.343 e. The highest BCUT2D eigenvalue weighted by Crippen LogP contribution is 2.30. The first-order chi connectivity index (χ1) is 11.4. The highest BCUT2D eigenvalue weighted by atomic mass is 35.5. The molecule has 2 aliphatic heterocycles. The van der Waals surface area contributed by atoms with Gasteiger partial charge in [-0.2, -0.15) is 0 Å². The maximum absolute atomic E-state index is 12.7. The van der Waals surface area contributed by atoms with Gasteiger partial charge in [0.1, 0.15) is 0 Å². The van der Waals surface area contributed by atoms with Crippen LogP contribution < -0.4 is 5.32 Å². The van der Waals surface area contributed by atoms with E-state index >= 15 is 0 Å². The van der Waals surface area contributed by atoms with Gasteiger partial charge in [-0.15, -0.1) is 12.4 Å². The Morgan fingerprint density at radius 1 is 1.08 bits per heavy atom. The van der Waals surface area contributed by atoms with Gasteiger partial charge in [0, 0.05) is 31.6 Å². The second-order valence-electron chi connectivity index (χ2n) is 8.19. The Labute approximate surface area is 159 Å². The second kappa shape index (κ2) is 8.55. The Bertz CT molecular complexity index is 560. The number of rotatable bonds is 5. The van der Waals surface area contributed by atoms with Crippen LogP contribution in [0, 0.1) is 0 Å². The number of benzene rings is 1. The van der Waals surface area contributed by atoms with Crippen molar-refractivity contribution in [2.75, 3.05) is 7.05 Å². The van der Waals surface area contributed by atoms with Gasteiger partial charge in [0.05, 0.1) is 0 Å². The second-order valence-corrected chi connectivity index (χ2v) is 8.19. The van der Waals surface area contributed by atoms with Crippen LogP contribution in [0.2, 0.25) is 0 Å². The maximum Gasteiger partial charge on any atom is 0.223 e. The molecule has 140 valence electrons. The maximum atomic E-state index is 12.7. The van der Waals surface area contributed by atoms with Crippen molar-refractivity contribution in [3.63, 3.8) is 0 Å². The number of carbonyl (C=O) groups is 1. The topological polar surface area (TPSA) is 32.3 Å². The molecule has 2 heterocycles. The highest BCUT2D eigenvalue weighted by Gasteiger charge is 2.36. The van der Waals surface area contributed by atoms with E-state index < -0.39 is 0 Å². The van der Waals surface area contributed by atoms with E-state index in [9.17, 15) is 4.79 Å². The van der Waals surface area contributed by atoms with E-state index in [2.05, 4.69) is 50.4 Å². The number of hydrogen-bond acceptors (Lipinski definition) is 2. The molecule has 1 N–H and O–H groups in total. The smallest absolute Gasteiger partial charge is 0.223 e. The van der Waals surface area contributed by atoms with Crippen molar-refractivity contribution in [1.82, 2.24) is 10.2 Å². The molecule has 2 aliphatic rings. The van der Waals surface area contributed by atoms with Crippen LogP contribution in [0.4, 0.5) is 0 Å². The van der Waals surface area contributed by atoms with Crippen LogP contribution >= 0.6 is 12.4 Å². The summed E-state index contributed by atoms with van der Waals surface area (Å²) >= 11 is 0. The van der Waals surface area contributed by atoms with E-state index in [1.54, 1.807) is 0 Å². The summed E-state index contributed by atoms with van der Waals surface area (Å²) in [6, 6.07) is 10.5. The molecule has 1 aromatic carbocycles. The molecule has 0 spiro atoms. The van der Waals surface area contributed by atoms with Gasteiger partial charge in [-0.25, -0.2) is 0 Å². The quantitative estimate of drug-likeness (QED) is 0.836. The van der Waals surface area contributed by atoms with Crippen LogP contribution in [0.15, 0.2) is 24.3 Å². The van der Waals surface area contributed by atoms with Crippen molar-refractivity contribution < 1.29 is 4.79 Å². The van der Waals surface area contributed by atoms with Gasteiger partial charge >= 0.3 is 0 Å². The van der Waals surface area contributed by atoms with Crippen LogP contribution in [0.25, 0.3) is 0 Å². The SMILES string of the molecule is CC(C)c1ccc(C(C)CC(=O)N(C)C2CC3CCC(C2)N3)cc1.Cl. The van der Waals surface area contributed by atoms with Crippen molar-refractivity contribution in [2.45, 2.75) is 82.8 Å². The van der Waals surface area contributed by atoms with Gasteiger partial charge in [0.2, 0.25) is 5.91 Å². The monoisotopic (exact) mass is 364 g/mol. The molecule has 2 saturated heterocycles. The third-order valence-electron chi connectivity index (χ3n) is 6.04. The Kier molecular flexibility index (Phi) is 6.93. The minimum Gasteiger partial charge on any atom is -0.343 e. The average Bonchev–Trinajstić information content (AvgIpc) is 2.92. The molecule has 25 heavy (non-hydrogen) atoms. The predicted octanol–water partition coefficient (Wildman–Crippen LogP) is 4.47. The molecule has 3 nitrogen and oxygen atoms in total. The number of nitrogens with one attached hydrogen (secondary N) is 1. The fraction of sp³-hybridized carbons (Fsp3) is 0.667. The highest BCUT2D eigenvalue weighted by molar-refractivity contribution is 5.85. The molecule has 0 aromatic heterocycles. The van der Waals surface area contributed by atoms with E-state index in [0.717, 1.165) is 12.8 Å². The van der Waals surface area contributed by atoms with Gasteiger partial charge in [-0.05, 0) is 48.6 Å². The number of carbonyl (C=O) groups excluding carboxylic acids is 1. The lowest BCUT2D eigenvalue weighted by atomic mass is 9.93. The van der Waals surface area contributed by atoms with Crippen LogP contribution in [0.1, 0.15) is 75.8 Å². The number of fused-ring (bicyclic) bond motifs is 2. The summed E-state index contributed by atoms with van der Waals surface area (Å²) in [5.41, 5.74) is 2.63. The third kappa shape index (κ3) is 4.77. The van der Waals surface area contributed by atoms with Crippen molar-refractivity contribution in [3.8, 4) is 0 Å². The zero-order chi connectivity index (χ0) is 17.3. The molecule has 3 atom stereocenters. The normalized spacial score (nSPS) is 26.2. The first-order valence-corrected chi connectivity index (χ1v) is 9.55. The summed E-state index contributed by atoms with van der Waals surface area (Å²) in [5.74, 6) is 1.12. The lowest BCUT2D eigenvalue weighted by Gasteiger charge is -2.36. The molecule has 0 radical (unpaired) electrons. The molecule has 2 bridgehead atoms. The Hall–Kier alpha value is -1.06. The van der Waals surface area contributed by atoms with E-state index in [1.807, 2.05) is 11.9 Å². The summed E-state index contributed by atoms with van der Waals surface area (Å²) < 4.78 is 0. The van der Waals surface area contributed by atoms with E-state index in [4.69, 9.17) is 0 Å². The van der Waals surface area contributed by atoms with E-state index in [1.165, 1.54) is 24.0 Å². The summed E-state index contributed by atoms with van der Waals surface area (Å²) in [6.45, 7) is 6.59. The summed E-state index contributed by atoms with van der Waals surface area (Å²) in [6.07, 6.45) is 5.41. The molecule has 2 fully saturated rings. The molecule has 0 saturated carbocycles. The summed E-state index contributed by atoms with van der Waals surface area (Å²) in [7, 11) is 2.01. The molecule has 1 amide bonds. The fourth-order valence-electron chi connectivity index (χ4n) is 4.28. The summed E-state index contributed by atoms with van der Waals surface area (Å²) in [5, 5.41) is 3.66. The zero-order valence-corrected chi connectivity index (χ0v) is 16.8. The van der Waals surface area contributed by atoms with Crippen molar-refractivity contribution >= 4 is 18.3 Å². The van der Waals surface area contributed by atoms with Crippen LogP contribution in [0.3, 0.4) is 0 Å². The minimum absolute atomic E-state index is 0. The Morgan fingerprint density at radius 2 is 1.60 bits per heavy atom. The molecule has 1 aromatic rings. The average molecular weight is 365 g/mol.